The molecule has 1 aromatic heterocycles. The monoisotopic (exact) mass is 239 g/mol. The van der Waals surface area contributed by atoms with Crippen LogP contribution < -0.4 is 5.73 Å². The molecule has 2 rings (SSSR count). The summed E-state index contributed by atoms with van der Waals surface area (Å²) >= 11 is 1.79. The van der Waals surface area contributed by atoms with Crippen LogP contribution in [0.25, 0.3) is 0 Å². The fourth-order valence-electron chi connectivity index (χ4n) is 2.27. The Labute approximate surface area is 102 Å². The van der Waals surface area contributed by atoms with Crippen molar-refractivity contribution in [1.29, 1.82) is 0 Å². The molecule has 0 amide bonds. The zero-order valence-corrected chi connectivity index (χ0v) is 10.8. The lowest BCUT2D eigenvalue weighted by molar-refractivity contribution is 0.189. The number of nitrogens with zero attached hydrogens (tertiary/aromatic N) is 2. The van der Waals surface area contributed by atoms with Gasteiger partial charge in [-0.1, -0.05) is 0 Å². The number of hydrogen-bond donors (Lipinski definition) is 1. The molecule has 2 N–H and O–H groups in total. The average Bonchev–Trinajstić information content (AvgIpc) is 2.73. The fourth-order valence-corrected chi connectivity index (χ4v) is 3.04. The third kappa shape index (κ3) is 3.03. The molecule has 1 aliphatic rings. The molecule has 0 bridgehead atoms. The third-order valence-electron chi connectivity index (χ3n) is 3.54. The van der Waals surface area contributed by atoms with Crippen molar-refractivity contribution < 1.29 is 0 Å². The molecule has 1 aliphatic heterocycles. The van der Waals surface area contributed by atoms with Gasteiger partial charge in [0.05, 0.1) is 11.2 Å². The van der Waals surface area contributed by atoms with E-state index in [9.17, 15) is 0 Å². The van der Waals surface area contributed by atoms with Crippen LogP contribution in [0.15, 0.2) is 5.51 Å². The Hall–Kier alpha value is -0.450. The SMILES string of the molecule is Cc1ncsc1CCN1CCC(CN)CC1. The Morgan fingerprint density at radius 2 is 2.25 bits per heavy atom. The van der Waals surface area contributed by atoms with Gasteiger partial charge in [0.1, 0.15) is 0 Å². The van der Waals surface area contributed by atoms with Crippen LogP contribution in [0.1, 0.15) is 23.4 Å². The Morgan fingerprint density at radius 3 is 2.81 bits per heavy atom. The normalized spacial score (nSPS) is 19.1. The molecule has 16 heavy (non-hydrogen) atoms. The molecule has 1 aromatic rings. The Morgan fingerprint density at radius 1 is 1.50 bits per heavy atom. The smallest absolute Gasteiger partial charge is 0.0797 e. The van der Waals surface area contributed by atoms with Gasteiger partial charge >= 0.3 is 0 Å². The van der Waals surface area contributed by atoms with E-state index in [2.05, 4.69) is 16.8 Å². The molecule has 1 saturated heterocycles. The van der Waals surface area contributed by atoms with Crippen LogP contribution in [0.5, 0.6) is 0 Å². The molecule has 2 heterocycles. The number of nitrogens with two attached hydrogens (primary N) is 1. The van der Waals surface area contributed by atoms with Gasteiger partial charge in [0, 0.05) is 11.4 Å². The highest BCUT2D eigenvalue weighted by Crippen LogP contribution is 2.18. The number of aromatic nitrogens is 1. The Balaban J connectivity index is 1.73. The van der Waals surface area contributed by atoms with Crippen LogP contribution in [-0.2, 0) is 6.42 Å². The van der Waals surface area contributed by atoms with Gasteiger partial charge in [0.2, 0.25) is 0 Å². The van der Waals surface area contributed by atoms with Crippen LogP contribution in [0.3, 0.4) is 0 Å². The first kappa shape index (κ1) is 12.0. The van der Waals surface area contributed by atoms with Gasteiger partial charge in [-0.3, -0.25) is 0 Å². The maximum Gasteiger partial charge on any atom is 0.0797 e. The summed E-state index contributed by atoms with van der Waals surface area (Å²) in [7, 11) is 0. The van der Waals surface area contributed by atoms with Crippen molar-refractivity contribution in [3.8, 4) is 0 Å². The van der Waals surface area contributed by atoms with E-state index in [1.54, 1.807) is 11.3 Å². The minimum absolute atomic E-state index is 0.765. The molecule has 0 aromatic carbocycles. The summed E-state index contributed by atoms with van der Waals surface area (Å²) in [5.41, 5.74) is 8.85. The highest BCUT2D eigenvalue weighted by atomic mass is 32.1. The maximum absolute atomic E-state index is 5.69. The fraction of sp³-hybridized carbons (Fsp3) is 0.750. The van der Waals surface area contributed by atoms with Gasteiger partial charge in [0.25, 0.3) is 0 Å². The van der Waals surface area contributed by atoms with Crippen molar-refractivity contribution in [2.75, 3.05) is 26.2 Å². The number of aryl methyl sites for hydroxylation is 1. The molecular weight excluding hydrogens is 218 g/mol. The van der Waals surface area contributed by atoms with Crippen molar-refractivity contribution in [3.05, 3.63) is 16.1 Å². The summed E-state index contributed by atoms with van der Waals surface area (Å²) < 4.78 is 0. The van der Waals surface area contributed by atoms with E-state index < -0.39 is 0 Å². The van der Waals surface area contributed by atoms with Crippen molar-refractivity contribution in [1.82, 2.24) is 9.88 Å². The predicted molar refractivity (Wildman–Crippen MR) is 68.8 cm³/mol. The Bertz CT molecular complexity index is 316. The first-order valence-electron chi connectivity index (χ1n) is 6.11. The van der Waals surface area contributed by atoms with E-state index in [1.165, 1.54) is 43.0 Å². The second-order valence-corrected chi connectivity index (χ2v) is 5.57. The predicted octanol–water partition coefficient (Wildman–Crippen LogP) is 1.66. The third-order valence-corrected chi connectivity index (χ3v) is 4.54. The van der Waals surface area contributed by atoms with Crippen LogP contribution in [0.4, 0.5) is 0 Å². The number of likely N-dealkylation sites (tertiary alicyclic amines) is 1. The highest BCUT2D eigenvalue weighted by Gasteiger charge is 2.17. The van der Waals surface area contributed by atoms with Gasteiger partial charge < -0.3 is 10.6 Å². The van der Waals surface area contributed by atoms with E-state index in [4.69, 9.17) is 5.73 Å². The van der Waals surface area contributed by atoms with E-state index in [1.807, 2.05) is 5.51 Å². The molecule has 1 fully saturated rings. The summed E-state index contributed by atoms with van der Waals surface area (Å²) in [6.07, 6.45) is 3.71. The van der Waals surface area contributed by atoms with Gasteiger partial charge in [-0.25, -0.2) is 4.98 Å². The second kappa shape index (κ2) is 5.75. The average molecular weight is 239 g/mol. The minimum atomic E-state index is 0.765. The zero-order chi connectivity index (χ0) is 11.4. The van der Waals surface area contributed by atoms with E-state index in [0.717, 1.165) is 18.9 Å². The zero-order valence-electron chi connectivity index (χ0n) is 9.98. The van der Waals surface area contributed by atoms with Gasteiger partial charge in [-0.15, -0.1) is 11.3 Å². The molecular formula is C12H21N3S. The summed E-state index contributed by atoms with van der Waals surface area (Å²) in [5.74, 6) is 0.765. The summed E-state index contributed by atoms with van der Waals surface area (Å²) in [5, 5.41) is 0. The van der Waals surface area contributed by atoms with Gasteiger partial charge in [0.15, 0.2) is 0 Å². The van der Waals surface area contributed by atoms with Crippen LogP contribution in [0, 0.1) is 12.8 Å². The van der Waals surface area contributed by atoms with E-state index in [-0.39, 0.29) is 0 Å². The summed E-state index contributed by atoms with van der Waals surface area (Å²) in [4.78, 5) is 8.30. The van der Waals surface area contributed by atoms with E-state index in [0.29, 0.717) is 0 Å². The largest absolute Gasteiger partial charge is 0.330 e. The molecule has 0 aliphatic carbocycles. The van der Waals surface area contributed by atoms with Crippen molar-refractivity contribution in [2.24, 2.45) is 11.7 Å². The first-order chi connectivity index (χ1) is 7.79. The number of rotatable bonds is 4. The minimum Gasteiger partial charge on any atom is -0.330 e. The molecule has 4 heteroatoms. The van der Waals surface area contributed by atoms with Gasteiger partial charge in [-0.2, -0.15) is 0 Å². The lowest BCUT2D eigenvalue weighted by atomic mass is 9.97. The number of thiazole rings is 1. The van der Waals surface area contributed by atoms with Crippen LogP contribution in [0.2, 0.25) is 0 Å². The van der Waals surface area contributed by atoms with Crippen LogP contribution in [-0.4, -0.2) is 36.1 Å². The van der Waals surface area contributed by atoms with E-state index >= 15 is 0 Å². The van der Waals surface area contributed by atoms with Crippen molar-refractivity contribution in [2.45, 2.75) is 26.2 Å². The molecule has 90 valence electrons. The van der Waals surface area contributed by atoms with Crippen molar-refractivity contribution >= 4 is 11.3 Å². The number of hydrogen-bond acceptors (Lipinski definition) is 4. The molecule has 0 unspecified atom stereocenters. The molecule has 0 atom stereocenters. The molecule has 0 radical (unpaired) electrons. The highest BCUT2D eigenvalue weighted by molar-refractivity contribution is 7.09. The molecule has 3 nitrogen and oxygen atoms in total. The topological polar surface area (TPSA) is 42.2 Å². The Kier molecular flexibility index (Phi) is 4.32. The lowest BCUT2D eigenvalue weighted by Gasteiger charge is -2.31. The summed E-state index contributed by atoms with van der Waals surface area (Å²) in [6, 6.07) is 0. The second-order valence-electron chi connectivity index (χ2n) is 4.63. The standard InChI is InChI=1S/C12H21N3S/c1-10-12(16-9-14-10)4-7-15-5-2-11(8-13)3-6-15/h9,11H,2-8,13H2,1H3. The lowest BCUT2D eigenvalue weighted by Crippen LogP contribution is -2.37. The molecule has 0 saturated carbocycles. The van der Waals surface area contributed by atoms with Crippen LogP contribution >= 0.6 is 11.3 Å². The maximum atomic E-state index is 5.69. The van der Waals surface area contributed by atoms with Crippen molar-refractivity contribution in [3.63, 3.8) is 0 Å². The van der Waals surface area contributed by atoms with Gasteiger partial charge in [-0.05, 0) is 51.7 Å². The summed E-state index contributed by atoms with van der Waals surface area (Å²) in [6.45, 7) is 6.59. The quantitative estimate of drug-likeness (QED) is 0.869. The molecule has 0 spiro atoms. The number of piperidine rings is 1. The first-order valence-corrected chi connectivity index (χ1v) is 6.99.